The van der Waals surface area contributed by atoms with E-state index in [0.29, 0.717) is 24.6 Å². The predicted octanol–water partition coefficient (Wildman–Crippen LogP) is 2.87. The summed E-state index contributed by atoms with van der Waals surface area (Å²) in [6, 6.07) is 7.74. The molecule has 2 rings (SSSR count). The van der Waals surface area contributed by atoms with Gasteiger partial charge in [-0.15, -0.1) is 0 Å². The van der Waals surface area contributed by atoms with Crippen molar-refractivity contribution in [3.8, 4) is 11.8 Å². The first-order chi connectivity index (χ1) is 8.21. The lowest BCUT2D eigenvalue weighted by atomic mass is 10.1. The molecule has 0 heterocycles. The quantitative estimate of drug-likeness (QED) is 0.874. The highest BCUT2D eigenvalue weighted by atomic mass is 35.5. The maximum absolute atomic E-state index is 8.74. The van der Waals surface area contributed by atoms with E-state index in [-0.39, 0.29) is 5.41 Å². The average molecular weight is 251 g/mol. The molecule has 0 unspecified atom stereocenters. The molecule has 0 aliphatic heterocycles. The summed E-state index contributed by atoms with van der Waals surface area (Å²) in [5.41, 5.74) is 6.56. The highest BCUT2D eigenvalue weighted by molar-refractivity contribution is 6.31. The Bertz CT molecular complexity index is 449. The number of ether oxygens (including phenoxy) is 1. The second kappa shape index (κ2) is 4.95. The Hall–Kier alpha value is -1.24. The third-order valence-corrected chi connectivity index (χ3v) is 3.58. The molecule has 1 aromatic carbocycles. The Kier molecular flexibility index (Phi) is 3.56. The molecular weight excluding hydrogens is 236 g/mol. The highest BCUT2D eigenvalue weighted by Gasteiger charge is 2.43. The van der Waals surface area contributed by atoms with Crippen molar-refractivity contribution in [3.63, 3.8) is 0 Å². The van der Waals surface area contributed by atoms with E-state index in [1.165, 1.54) is 0 Å². The summed E-state index contributed by atoms with van der Waals surface area (Å²) in [4.78, 5) is 0. The second-order valence-corrected chi connectivity index (χ2v) is 4.95. The summed E-state index contributed by atoms with van der Waals surface area (Å²) in [7, 11) is 0. The Balaban J connectivity index is 2.05. The zero-order valence-electron chi connectivity index (χ0n) is 9.58. The summed E-state index contributed by atoms with van der Waals surface area (Å²) < 4.78 is 5.77. The Morgan fingerprint density at radius 1 is 1.47 bits per heavy atom. The van der Waals surface area contributed by atoms with Gasteiger partial charge in [0, 0.05) is 29.0 Å². The molecule has 1 fully saturated rings. The number of rotatable bonds is 5. The zero-order chi connectivity index (χ0) is 12.3. The zero-order valence-corrected chi connectivity index (χ0v) is 10.3. The maximum atomic E-state index is 8.74. The van der Waals surface area contributed by atoms with Gasteiger partial charge in [-0.1, -0.05) is 17.7 Å². The van der Waals surface area contributed by atoms with E-state index in [9.17, 15) is 0 Å². The number of hydrogen-bond acceptors (Lipinski definition) is 3. The van der Waals surface area contributed by atoms with E-state index in [1.54, 1.807) is 6.07 Å². The summed E-state index contributed by atoms with van der Waals surface area (Å²) >= 11 is 6.04. The number of nitrogens with two attached hydrogens (primary N) is 1. The number of benzene rings is 1. The van der Waals surface area contributed by atoms with Crippen molar-refractivity contribution in [2.24, 2.45) is 11.1 Å². The SMILES string of the molecule is N#CCC1(COc2cccc(Cl)c2CN)CC1. The van der Waals surface area contributed by atoms with Crippen LogP contribution in [0.2, 0.25) is 5.02 Å². The van der Waals surface area contributed by atoms with Crippen LogP contribution in [0.15, 0.2) is 18.2 Å². The molecule has 0 saturated heterocycles. The molecule has 0 spiro atoms. The van der Waals surface area contributed by atoms with Crippen LogP contribution in [0.25, 0.3) is 0 Å². The van der Waals surface area contributed by atoms with Gasteiger partial charge in [0.05, 0.1) is 12.7 Å². The lowest BCUT2D eigenvalue weighted by Crippen LogP contribution is -2.14. The first-order valence-electron chi connectivity index (χ1n) is 5.68. The molecule has 3 nitrogen and oxygen atoms in total. The molecule has 0 atom stereocenters. The number of halogens is 1. The van der Waals surface area contributed by atoms with Gasteiger partial charge in [0.15, 0.2) is 0 Å². The Labute approximate surface area is 106 Å². The van der Waals surface area contributed by atoms with Crippen LogP contribution in [-0.4, -0.2) is 6.61 Å². The van der Waals surface area contributed by atoms with Crippen molar-refractivity contribution >= 4 is 11.6 Å². The van der Waals surface area contributed by atoms with Gasteiger partial charge in [0.25, 0.3) is 0 Å². The maximum Gasteiger partial charge on any atom is 0.125 e. The molecule has 4 heteroatoms. The molecular formula is C13H15ClN2O. The molecule has 0 radical (unpaired) electrons. The van der Waals surface area contributed by atoms with Crippen LogP contribution in [0.4, 0.5) is 0 Å². The van der Waals surface area contributed by atoms with E-state index in [4.69, 9.17) is 27.3 Å². The standard InChI is InChI=1S/C13H15ClN2O/c14-11-2-1-3-12(10(11)8-16)17-9-13(4-5-13)6-7-15/h1-3H,4-6,8-9,16H2. The fourth-order valence-electron chi connectivity index (χ4n) is 1.82. The summed E-state index contributed by atoms with van der Waals surface area (Å²) in [5, 5.41) is 9.37. The molecule has 2 N–H and O–H groups in total. The van der Waals surface area contributed by atoms with Crippen molar-refractivity contribution in [1.82, 2.24) is 0 Å². The minimum atomic E-state index is 0.0724. The second-order valence-electron chi connectivity index (χ2n) is 4.54. The lowest BCUT2D eigenvalue weighted by molar-refractivity contribution is 0.235. The van der Waals surface area contributed by atoms with Crippen LogP contribution in [-0.2, 0) is 6.54 Å². The molecule has 17 heavy (non-hydrogen) atoms. The van der Waals surface area contributed by atoms with Gasteiger partial charge in [0.2, 0.25) is 0 Å². The highest BCUT2D eigenvalue weighted by Crippen LogP contribution is 2.48. The fourth-order valence-corrected chi connectivity index (χ4v) is 2.06. The van der Waals surface area contributed by atoms with E-state index < -0.39 is 0 Å². The molecule has 1 aromatic rings. The lowest BCUT2D eigenvalue weighted by Gasteiger charge is -2.15. The van der Waals surface area contributed by atoms with E-state index in [1.807, 2.05) is 12.1 Å². The van der Waals surface area contributed by atoms with Gasteiger partial charge in [-0.25, -0.2) is 0 Å². The molecule has 1 saturated carbocycles. The molecule has 0 aromatic heterocycles. The van der Waals surface area contributed by atoms with Crippen LogP contribution in [0.5, 0.6) is 5.75 Å². The molecule has 1 aliphatic rings. The topological polar surface area (TPSA) is 59.0 Å². The van der Waals surface area contributed by atoms with Gasteiger partial charge >= 0.3 is 0 Å². The van der Waals surface area contributed by atoms with Crippen LogP contribution in [0, 0.1) is 16.7 Å². The Morgan fingerprint density at radius 3 is 2.82 bits per heavy atom. The third-order valence-electron chi connectivity index (χ3n) is 3.23. The van der Waals surface area contributed by atoms with Gasteiger partial charge in [0.1, 0.15) is 5.75 Å². The van der Waals surface area contributed by atoms with Crippen molar-refractivity contribution in [2.45, 2.75) is 25.8 Å². The molecule has 0 amide bonds. The normalized spacial score (nSPS) is 16.3. The van der Waals surface area contributed by atoms with E-state index in [0.717, 1.165) is 24.2 Å². The first-order valence-corrected chi connectivity index (χ1v) is 6.06. The van der Waals surface area contributed by atoms with Crippen molar-refractivity contribution in [1.29, 1.82) is 5.26 Å². The van der Waals surface area contributed by atoms with Gasteiger partial charge in [-0.05, 0) is 25.0 Å². The van der Waals surface area contributed by atoms with Gasteiger partial charge < -0.3 is 10.5 Å². The average Bonchev–Trinajstić information content (AvgIpc) is 3.07. The van der Waals surface area contributed by atoms with Crippen LogP contribution >= 0.6 is 11.6 Å². The fraction of sp³-hybridized carbons (Fsp3) is 0.462. The third kappa shape index (κ3) is 2.71. The minimum absolute atomic E-state index is 0.0724. The number of nitriles is 1. The van der Waals surface area contributed by atoms with Gasteiger partial charge in [-0.3, -0.25) is 0 Å². The van der Waals surface area contributed by atoms with Crippen molar-refractivity contribution in [2.75, 3.05) is 6.61 Å². The van der Waals surface area contributed by atoms with Crippen LogP contribution in [0.1, 0.15) is 24.8 Å². The first kappa shape index (κ1) is 12.2. The molecule has 0 bridgehead atoms. The van der Waals surface area contributed by atoms with E-state index in [2.05, 4.69) is 6.07 Å². The molecule has 90 valence electrons. The summed E-state index contributed by atoms with van der Waals surface area (Å²) in [6.45, 7) is 0.939. The summed E-state index contributed by atoms with van der Waals surface area (Å²) in [5.74, 6) is 0.740. The monoisotopic (exact) mass is 250 g/mol. The van der Waals surface area contributed by atoms with Crippen LogP contribution < -0.4 is 10.5 Å². The Morgan fingerprint density at radius 2 is 2.24 bits per heavy atom. The number of nitrogens with zero attached hydrogens (tertiary/aromatic N) is 1. The number of hydrogen-bond donors (Lipinski definition) is 1. The van der Waals surface area contributed by atoms with Crippen LogP contribution in [0.3, 0.4) is 0 Å². The largest absolute Gasteiger partial charge is 0.493 e. The van der Waals surface area contributed by atoms with Crippen molar-refractivity contribution in [3.05, 3.63) is 28.8 Å². The molecule has 1 aliphatic carbocycles. The smallest absolute Gasteiger partial charge is 0.125 e. The van der Waals surface area contributed by atoms with E-state index >= 15 is 0 Å². The van der Waals surface area contributed by atoms with Gasteiger partial charge in [-0.2, -0.15) is 5.26 Å². The predicted molar refractivity (Wildman–Crippen MR) is 66.7 cm³/mol. The van der Waals surface area contributed by atoms with Crippen molar-refractivity contribution < 1.29 is 4.74 Å². The summed E-state index contributed by atoms with van der Waals surface area (Å²) in [6.07, 6.45) is 2.70. The minimum Gasteiger partial charge on any atom is -0.493 e.